The van der Waals surface area contributed by atoms with Gasteiger partial charge in [-0.15, -0.1) is 0 Å². The highest BCUT2D eigenvalue weighted by atomic mass is 79.9. The summed E-state index contributed by atoms with van der Waals surface area (Å²) in [6.45, 7) is 3.97. The van der Waals surface area contributed by atoms with Crippen LogP contribution in [0.25, 0.3) is 0 Å². The van der Waals surface area contributed by atoms with Gasteiger partial charge in [-0.1, -0.05) is 29.8 Å². The average Bonchev–Trinajstić information content (AvgIpc) is 2.40. The largest absolute Gasteiger partial charge is 0.269 e. The molecule has 0 atom stereocenters. The highest BCUT2D eigenvalue weighted by Gasteiger charge is 2.41. The van der Waals surface area contributed by atoms with Gasteiger partial charge in [0.05, 0.1) is 5.56 Å². The normalized spacial score (nSPS) is 17.6. The van der Waals surface area contributed by atoms with Gasteiger partial charge in [-0.05, 0) is 24.1 Å². The number of rotatable bonds is 2. The summed E-state index contributed by atoms with van der Waals surface area (Å²) in [5.74, 6) is -0.326. The van der Waals surface area contributed by atoms with Gasteiger partial charge in [0.25, 0.3) is 15.9 Å². The van der Waals surface area contributed by atoms with Gasteiger partial charge in [-0.3, -0.25) is 4.79 Å². The molecule has 0 spiro atoms. The SMILES string of the molecule is CC(C)CN1C(=O)c2ccc(Br)cc2S1(=O)=O. The van der Waals surface area contributed by atoms with Crippen LogP contribution in [0.2, 0.25) is 0 Å². The minimum absolute atomic E-state index is 0.0949. The van der Waals surface area contributed by atoms with Gasteiger partial charge in [-0.2, -0.15) is 0 Å². The smallest absolute Gasteiger partial charge is 0.268 e. The van der Waals surface area contributed by atoms with E-state index in [1.54, 1.807) is 12.1 Å². The van der Waals surface area contributed by atoms with E-state index in [1.165, 1.54) is 6.07 Å². The molecule has 1 aromatic carbocycles. The summed E-state index contributed by atoms with van der Waals surface area (Å²) in [6.07, 6.45) is 0. The molecule has 0 fully saturated rings. The first-order chi connectivity index (χ1) is 7.84. The van der Waals surface area contributed by atoms with Crippen LogP contribution in [-0.4, -0.2) is 25.2 Å². The van der Waals surface area contributed by atoms with Crippen LogP contribution < -0.4 is 0 Å². The maximum atomic E-state index is 12.2. The Hall–Kier alpha value is -0.880. The second-order valence-electron chi connectivity index (χ2n) is 4.38. The Kier molecular flexibility index (Phi) is 3.03. The van der Waals surface area contributed by atoms with Crippen molar-refractivity contribution in [3.63, 3.8) is 0 Å². The van der Waals surface area contributed by atoms with E-state index in [0.29, 0.717) is 4.47 Å². The van der Waals surface area contributed by atoms with Crippen LogP contribution in [0, 0.1) is 5.92 Å². The van der Waals surface area contributed by atoms with Gasteiger partial charge in [-0.25, -0.2) is 12.7 Å². The van der Waals surface area contributed by atoms with Crippen molar-refractivity contribution >= 4 is 31.9 Å². The zero-order chi connectivity index (χ0) is 12.8. The molecule has 0 saturated heterocycles. The Morgan fingerprint density at radius 1 is 1.35 bits per heavy atom. The predicted octanol–water partition coefficient (Wildman–Crippen LogP) is 2.25. The first kappa shape index (κ1) is 12.6. The van der Waals surface area contributed by atoms with Crippen molar-refractivity contribution in [3.05, 3.63) is 28.2 Å². The topological polar surface area (TPSA) is 54.5 Å². The van der Waals surface area contributed by atoms with Gasteiger partial charge >= 0.3 is 0 Å². The summed E-state index contributed by atoms with van der Waals surface area (Å²) < 4.78 is 25.9. The van der Waals surface area contributed by atoms with E-state index in [2.05, 4.69) is 15.9 Å². The fourth-order valence-electron chi connectivity index (χ4n) is 1.76. The lowest BCUT2D eigenvalue weighted by molar-refractivity contribution is 0.0861. The standard InChI is InChI=1S/C11H12BrNO3S/c1-7(2)6-13-11(14)9-4-3-8(12)5-10(9)17(13,15)16/h3-5,7H,6H2,1-2H3. The minimum Gasteiger partial charge on any atom is -0.268 e. The maximum Gasteiger partial charge on any atom is 0.269 e. The summed E-state index contributed by atoms with van der Waals surface area (Å²) in [5, 5.41) is 0. The summed E-state index contributed by atoms with van der Waals surface area (Å²) >= 11 is 3.21. The third-order valence-electron chi connectivity index (χ3n) is 2.50. The van der Waals surface area contributed by atoms with Gasteiger partial charge in [0.1, 0.15) is 4.90 Å². The number of carbonyl (C=O) groups excluding carboxylic acids is 1. The van der Waals surface area contributed by atoms with Crippen molar-refractivity contribution in [2.75, 3.05) is 6.54 Å². The maximum absolute atomic E-state index is 12.2. The van der Waals surface area contributed by atoms with E-state index >= 15 is 0 Å². The molecule has 0 saturated carbocycles. The number of fused-ring (bicyclic) bond motifs is 1. The molecule has 2 rings (SSSR count). The molecule has 1 aliphatic heterocycles. The van der Waals surface area contributed by atoms with E-state index in [-0.39, 0.29) is 22.9 Å². The lowest BCUT2D eigenvalue weighted by Crippen LogP contribution is -2.33. The van der Waals surface area contributed by atoms with Crippen LogP contribution in [-0.2, 0) is 10.0 Å². The van der Waals surface area contributed by atoms with Crippen molar-refractivity contribution < 1.29 is 13.2 Å². The highest BCUT2D eigenvalue weighted by molar-refractivity contribution is 9.10. The second kappa shape index (κ2) is 4.10. The molecule has 6 heteroatoms. The number of benzene rings is 1. The number of sulfonamides is 1. The lowest BCUT2D eigenvalue weighted by Gasteiger charge is -2.16. The second-order valence-corrected chi connectivity index (χ2v) is 7.12. The monoisotopic (exact) mass is 317 g/mol. The van der Waals surface area contributed by atoms with Crippen molar-refractivity contribution in [1.82, 2.24) is 4.31 Å². The van der Waals surface area contributed by atoms with Crippen LogP contribution in [0.5, 0.6) is 0 Å². The predicted molar refractivity (Wildman–Crippen MR) is 67.2 cm³/mol. The number of halogens is 1. The Bertz CT molecular complexity index is 580. The summed E-state index contributed by atoms with van der Waals surface area (Å²) in [6, 6.07) is 4.69. The molecule has 0 unspecified atom stereocenters. The number of carbonyl (C=O) groups is 1. The Balaban J connectivity index is 2.57. The molecule has 0 aromatic heterocycles. The molecule has 1 aromatic rings. The fourth-order valence-corrected chi connectivity index (χ4v) is 4.03. The minimum atomic E-state index is -3.66. The number of hydrogen-bond donors (Lipinski definition) is 0. The third-order valence-corrected chi connectivity index (χ3v) is 4.78. The van der Waals surface area contributed by atoms with Crippen LogP contribution in [0.3, 0.4) is 0 Å². The fraction of sp³-hybridized carbons (Fsp3) is 0.364. The molecule has 17 heavy (non-hydrogen) atoms. The van der Waals surface area contributed by atoms with E-state index in [1.807, 2.05) is 13.8 Å². The van der Waals surface area contributed by atoms with Crippen molar-refractivity contribution in [2.24, 2.45) is 5.92 Å². The van der Waals surface area contributed by atoms with E-state index in [9.17, 15) is 13.2 Å². The van der Waals surface area contributed by atoms with Gasteiger partial charge < -0.3 is 0 Å². The van der Waals surface area contributed by atoms with Crippen molar-refractivity contribution in [3.8, 4) is 0 Å². The number of amides is 1. The molecule has 4 nitrogen and oxygen atoms in total. The van der Waals surface area contributed by atoms with Crippen LogP contribution in [0.15, 0.2) is 27.6 Å². The summed E-state index contributed by atoms with van der Waals surface area (Å²) in [4.78, 5) is 12.1. The highest BCUT2D eigenvalue weighted by Crippen LogP contribution is 2.32. The first-order valence-electron chi connectivity index (χ1n) is 5.20. The third kappa shape index (κ3) is 1.99. The van der Waals surface area contributed by atoms with Gasteiger partial charge in [0.15, 0.2) is 0 Å². The molecule has 0 N–H and O–H groups in total. The molecule has 0 radical (unpaired) electrons. The molecule has 92 valence electrons. The average molecular weight is 318 g/mol. The van der Waals surface area contributed by atoms with Crippen molar-refractivity contribution in [1.29, 1.82) is 0 Å². The van der Waals surface area contributed by atoms with Crippen LogP contribution in [0.4, 0.5) is 0 Å². The molecular weight excluding hydrogens is 306 g/mol. The van der Waals surface area contributed by atoms with Crippen LogP contribution in [0.1, 0.15) is 24.2 Å². The van der Waals surface area contributed by atoms with Crippen molar-refractivity contribution in [2.45, 2.75) is 18.7 Å². The first-order valence-corrected chi connectivity index (χ1v) is 7.44. The zero-order valence-corrected chi connectivity index (χ0v) is 11.9. The Morgan fingerprint density at radius 2 is 2.00 bits per heavy atom. The molecular formula is C11H12BrNO3S. The quantitative estimate of drug-likeness (QED) is 0.840. The number of hydrogen-bond acceptors (Lipinski definition) is 3. The van der Waals surface area contributed by atoms with Gasteiger partial charge in [0.2, 0.25) is 0 Å². The Labute approximate surface area is 109 Å². The molecule has 1 aliphatic rings. The molecule has 1 heterocycles. The lowest BCUT2D eigenvalue weighted by atomic mass is 10.2. The Morgan fingerprint density at radius 3 is 2.59 bits per heavy atom. The zero-order valence-electron chi connectivity index (χ0n) is 9.47. The van der Waals surface area contributed by atoms with Crippen LogP contribution >= 0.6 is 15.9 Å². The molecule has 0 bridgehead atoms. The van der Waals surface area contributed by atoms with E-state index < -0.39 is 15.9 Å². The number of nitrogens with zero attached hydrogens (tertiary/aromatic N) is 1. The molecule has 0 aliphatic carbocycles. The summed E-state index contributed by atoms with van der Waals surface area (Å²) in [5.41, 5.74) is 0.258. The van der Waals surface area contributed by atoms with Gasteiger partial charge in [0, 0.05) is 11.0 Å². The van der Waals surface area contributed by atoms with E-state index in [4.69, 9.17) is 0 Å². The van der Waals surface area contributed by atoms with E-state index in [0.717, 1.165) is 4.31 Å². The molecule has 1 amide bonds. The summed E-state index contributed by atoms with van der Waals surface area (Å²) in [7, 11) is -3.66.